The van der Waals surface area contributed by atoms with E-state index < -0.39 is 10.0 Å². The molecule has 17 heavy (non-hydrogen) atoms. The molecule has 0 aromatic heterocycles. The van der Waals surface area contributed by atoms with Gasteiger partial charge >= 0.3 is 0 Å². The third kappa shape index (κ3) is 1.56. The summed E-state index contributed by atoms with van der Waals surface area (Å²) in [6.45, 7) is 1.75. The van der Waals surface area contributed by atoms with Crippen molar-refractivity contribution < 1.29 is 8.42 Å². The van der Waals surface area contributed by atoms with Gasteiger partial charge in [0.1, 0.15) is 4.90 Å². The summed E-state index contributed by atoms with van der Waals surface area (Å²) < 4.78 is 27.6. The molecule has 1 aromatic rings. The molecule has 0 bridgehead atoms. The minimum absolute atomic E-state index is 0.314. The van der Waals surface area contributed by atoms with E-state index in [1.165, 1.54) is 0 Å². The molecule has 0 amide bonds. The van der Waals surface area contributed by atoms with E-state index in [0.717, 1.165) is 13.1 Å². The number of hydrogen-bond donors (Lipinski definition) is 1. The van der Waals surface area contributed by atoms with Crippen molar-refractivity contribution in [3.63, 3.8) is 0 Å². The second-order valence-corrected chi connectivity index (χ2v) is 5.88. The number of hydrogen-bond acceptors (Lipinski definition) is 4. The molecule has 0 unspecified atom stereocenters. The van der Waals surface area contributed by atoms with Gasteiger partial charge in [0.05, 0.1) is 6.04 Å². The maximum atomic E-state index is 11.9. The molecule has 1 aromatic carbocycles. The Morgan fingerprint density at radius 1 is 1.35 bits per heavy atom. The summed E-state index contributed by atoms with van der Waals surface area (Å²) in [5, 5.41) is 3.16. The van der Waals surface area contributed by atoms with Crippen molar-refractivity contribution in [3.05, 3.63) is 29.8 Å². The van der Waals surface area contributed by atoms with Crippen LogP contribution in [0.4, 0.5) is 0 Å². The summed E-state index contributed by atoms with van der Waals surface area (Å²) in [5.41, 5.74) is 0.710. The smallest absolute Gasteiger partial charge is 0.285 e. The van der Waals surface area contributed by atoms with Crippen LogP contribution in [0.2, 0.25) is 0 Å². The zero-order valence-corrected chi connectivity index (χ0v) is 10.2. The number of fused-ring (bicyclic) bond motifs is 1. The van der Waals surface area contributed by atoms with Gasteiger partial charge in [0.15, 0.2) is 5.84 Å². The Morgan fingerprint density at radius 2 is 2.06 bits per heavy atom. The maximum Gasteiger partial charge on any atom is 0.285 e. The molecule has 2 aliphatic rings. The first-order valence-corrected chi connectivity index (χ1v) is 6.91. The minimum atomic E-state index is -3.49. The Labute approximate surface area is 100 Å². The normalized spacial score (nSPS) is 21.6. The summed E-state index contributed by atoms with van der Waals surface area (Å²) in [6, 6.07) is 7.30. The fourth-order valence-corrected chi connectivity index (χ4v) is 3.30. The van der Waals surface area contributed by atoms with Crippen LogP contribution in [0.25, 0.3) is 0 Å². The largest absolute Gasteiger partial charge is 0.353 e. The average molecular weight is 251 g/mol. The van der Waals surface area contributed by atoms with E-state index in [-0.39, 0.29) is 0 Å². The summed E-state index contributed by atoms with van der Waals surface area (Å²) in [7, 11) is -1.60. The summed E-state index contributed by atoms with van der Waals surface area (Å²) in [6.07, 6.45) is 0. The Kier molecular flexibility index (Phi) is 2.24. The lowest BCUT2D eigenvalue weighted by atomic mass is 10.1. The molecule has 0 saturated carbocycles. The van der Waals surface area contributed by atoms with E-state index >= 15 is 0 Å². The molecule has 2 aliphatic heterocycles. The van der Waals surface area contributed by atoms with Gasteiger partial charge in [0, 0.05) is 25.7 Å². The van der Waals surface area contributed by atoms with Crippen LogP contribution in [0.15, 0.2) is 33.6 Å². The Hall–Kier alpha value is -1.40. The Bertz CT molecular complexity index is 590. The predicted molar refractivity (Wildman–Crippen MR) is 64.6 cm³/mol. The SMILES string of the molecule is CN(C1=NS(=O)(=O)c2ccccc21)C1CNC1. The van der Waals surface area contributed by atoms with Crippen LogP contribution in [0.5, 0.6) is 0 Å². The van der Waals surface area contributed by atoms with Crippen molar-refractivity contribution in [2.45, 2.75) is 10.9 Å². The predicted octanol–water partition coefficient (Wildman–Crippen LogP) is 0.0391. The van der Waals surface area contributed by atoms with Crippen molar-refractivity contribution in [3.8, 4) is 0 Å². The van der Waals surface area contributed by atoms with E-state index in [4.69, 9.17) is 0 Å². The molecule has 90 valence electrons. The van der Waals surface area contributed by atoms with Crippen LogP contribution in [-0.4, -0.2) is 45.3 Å². The minimum Gasteiger partial charge on any atom is -0.353 e. The lowest BCUT2D eigenvalue weighted by Crippen LogP contribution is -2.57. The second kappa shape index (κ2) is 3.54. The van der Waals surface area contributed by atoms with Crippen LogP contribution >= 0.6 is 0 Å². The summed E-state index contributed by atoms with van der Waals surface area (Å²) in [4.78, 5) is 2.26. The van der Waals surface area contributed by atoms with Crippen LogP contribution in [0, 0.1) is 0 Å². The van der Waals surface area contributed by atoms with E-state index in [1.54, 1.807) is 18.2 Å². The second-order valence-electron chi connectivity index (χ2n) is 4.31. The third-order valence-electron chi connectivity index (χ3n) is 3.25. The topological polar surface area (TPSA) is 61.8 Å². The van der Waals surface area contributed by atoms with Crippen molar-refractivity contribution in [2.75, 3.05) is 20.1 Å². The fraction of sp³-hybridized carbons (Fsp3) is 0.364. The zero-order chi connectivity index (χ0) is 12.0. The van der Waals surface area contributed by atoms with Crippen LogP contribution in [0.3, 0.4) is 0 Å². The molecule has 5 nitrogen and oxygen atoms in total. The monoisotopic (exact) mass is 251 g/mol. The first kappa shape index (κ1) is 10.7. The van der Waals surface area contributed by atoms with Gasteiger partial charge in [-0.15, -0.1) is 4.40 Å². The molecule has 0 radical (unpaired) electrons. The van der Waals surface area contributed by atoms with Crippen LogP contribution < -0.4 is 5.32 Å². The fourth-order valence-electron chi connectivity index (χ4n) is 2.06. The molecule has 3 rings (SSSR count). The molecule has 1 fully saturated rings. The number of rotatable bonds is 1. The Morgan fingerprint density at radius 3 is 2.71 bits per heavy atom. The molecule has 6 heteroatoms. The molecular weight excluding hydrogens is 238 g/mol. The standard InChI is InChI=1S/C11H13N3O2S/c1-14(8-6-12-7-8)11-9-4-2-3-5-10(9)17(15,16)13-11/h2-5,8,12H,6-7H2,1H3. The van der Waals surface area contributed by atoms with Gasteiger partial charge in [0.25, 0.3) is 10.0 Å². The quantitative estimate of drug-likeness (QED) is 0.765. The molecular formula is C11H13N3O2S. The molecule has 2 heterocycles. The van der Waals surface area contributed by atoms with Gasteiger partial charge in [-0.25, -0.2) is 0 Å². The highest BCUT2D eigenvalue weighted by atomic mass is 32.2. The van der Waals surface area contributed by atoms with Gasteiger partial charge in [-0.2, -0.15) is 8.42 Å². The highest BCUT2D eigenvalue weighted by Crippen LogP contribution is 2.27. The van der Waals surface area contributed by atoms with Crippen LogP contribution in [-0.2, 0) is 10.0 Å². The summed E-state index contributed by atoms with van der Waals surface area (Å²) in [5.74, 6) is 0.562. The van der Waals surface area contributed by atoms with Gasteiger partial charge in [-0.1, -0.05) is 12.1 Å². The number of nitrogens with zero attached hydrogens (tertiary/aromatic N) is 2. The van der Waals surface area contributed by atoms with E-state index in [2.05, 4.69) is 9.71 Å². The van der Waals surface area contributed by atoms with Crippen molar-refractivity contribution in [1.82, 2.24) is 10.2 Å². The van der Waals surface area contributed by atoms with Gasteiger partial charge in [0.2, 0.25) is 0 Å². The molecule has 0 aliphatic carbocycles. The molecule has 1 N–H and O–H groups in total. The zero-order valence-electron chi connectivity index (χ0n) is 9.42. The number of benzene rings is 1. The maximum absolute atomic E-state index is 11.9. The molecule has 0 spiro atoms. The lowest BCUT2D eigenvalue weighted by Gasteiger charge is -2.36. The third-order valence-corrected chi connectivity index (χ3v) is 4.58. The number of nitrogens with one attached hydrogen (secondary N) is 1. The van der Waals surface area contributed by atoms with Crippen molar-refractivity contribution in [1.29, 1.82) is 0 Å². The van der Waals surface area contributed by atoms with E-state index in [9.17, 15) is 8.42 Å². The molecule has 0 atom stereocenters. The number of sulfonamides is 1. The van der Waals surface area contributed by atoms with Crippen LogP contribution in [0.1, 0.15) is 5.56 Å². The molecule has 1 saturated heterocycles. The van der Waals surface area contributed by atoms with Gasteiger partial charge in [-0.3, -0.25) is 0 Å². The van der Waals surface area contributed by atoms with E-state index in [1.807, 2.05) is 18.0 Å². The summed E-state index contributed by atoms with van der Waals surface area (Å²) >= 11 is 0. The van der Waals surface area contributed by atoms with Crippen molar-refractivity contribution >= 4 is 15.9 Å². The number of likely N-dealkylation sites (N-methyl/N-ethyl adjacent to an activating group) is 1. The highest BCUT2D eigenvalue weighted by molar-refractivity contribution is 7.90. The highest BCUT2D eigenvalue weighted by Gasteiger charge is 2.34. The number of amidine groups is 1. The van der Waals surface area contributed by atoms with Crippen molar-refractivity contribution in [2.24, 2.45) is 4.40 Å². The van der Waals surface area contributed by atoms with Gasteiger partial charge < -0.3 is 10.2 Å². The Balaban J connectivity index is 2.07. The first-order valence-electron chi connectivity index (χ1n) is 5.47. The van der Waals surface area contributed by atoms with E-state index in [0.29, 0.717) is 22.3 Å². The van der Waals surface area contributed by atoms with Gasteiger partial charge in [-0.05, 0) is 12.1 Å². The lowest BCUT2D eigenvalue weighted by molar-refractivity contribution is 0.267. The average Bonchev–Trinajstić information content (AvgIpc) is 2.49. The first-order chi connectivity index (χ1) is 8.09.